The zero-order valence-corrected chi connectivity index (χ0v) is 7.46. The van der Waals surface area contributed by atoms with Crippen LogP contribution in [0.1, 0.15) is 13.8 Å². The molecule has 0 fully saturated rings. The molecule has 0 spiro atoms. The molecule has 0 aliphatic heterocycles. The molecule has 0 heterocycles. The third-order valence-corrected chi connectivity index (χ3v) is 1.84. The van der Waals surface area contributed by atoms with Gasteiger partial charge in [-0.25, -0.2) is 4.79 Å². The minimum Gasteiger partial charge on any atom is -0.391 e. The Kier molecular flexibility index (Phi) is 3.89. The summed E-state index contributed by atoms with van der Waals surface area (Å²) in [6, 6.07) is -0.339. The number of nitrogens with zero attached hydrogens (tertiary/aromatic N) is 1. The second-order valence-electron chi connectivity index (χ2n) is 2.65. The molecule has 0 aromatic heterocycles. The number of nitrogens with one attached hydrogen (secondary N) is 1. The molecule has 2 N–H and O–H groups in total. The van der Waals surface area contributed by atoms with Gasteiger partial charge < -0.3 is 15.3 Å². The normalized spacial score (nSPS) is 15.4. The second kappa shape index (κ2) is 4.18. The van der Waals surface area contributed by atoms with Crippen molar-refractivity contribution in [2.24, 2.45) is 0 Å². The molecule has 2 atom stereocenters. The van der Waals surface area contributed by atoms with Crippen molar-refractivity contribution in [1.82, 2.24) is 10.2 Å². The Morgan fingerprint density at radius 2 is 2.00 bits per heavy atom. The van der Waals surface area contributed by atoms with E-state index < -0.39 is 6.10 Å². The van der Waals surface area contributed by atoms with Gasteiger partial charge in [0.05, 0.1) is 12.1 Å². The van der Waals surface area contributed by atoms with E-state index in [9.17, 15) is 4.79 Å². The summed E-state index contributed by atoms with van der Waals surface area (Å²) in [5.41, 5.74) is 0. The summed E-state index contributed by atoms with van der Waals surface area (Å²) in [4.78, 5) is 12.4. The predicted octanol–water partition coefficient (Wildman–Crippen LogP) is 0.0269. The van der Waals surface area contributed by atoms with Crippen LogP contribution in [0, 0.1) is 0 Å². The molecule has 0 aliphatic rings. The Morgan fingerprint density at radius 3 is 2.27 bits per heavy atom. The molecule has 0 saturated carbocycles. The van der Waals surface area contributed by atoms with Gasteiger partial charge in [0, 0.05) is 14.1 Å². The number of hydrogen-bond donors (Lipinski definition) is 2. The Balaban J connectivity index is 4.01. The summed E-state index contributed by atoms with van der Waals surface area (Å²) in [5.74, 6) is 0. The van der Waals surface area contributed by atoms with Crippen LogP contribution in [0.4, 0.5) is 4.79 Å². The summed E-state index contributed by atoms with van der Waals surface area (Å²) < 4.78 is 0. The van der Waals surface area contributed by atoms with Crippen LogP contribution in [-0.2, 0) is 0 Å². The Labute approximate surface area is 67.2 Å². The van der Waals surface area contributed by atoms with E-state index in [2.05, 4.69) is 5.32 Å². The smallest absolute Gasteiger partial charge is 0.317 e. The Hall–Kier alpha value is -0.770. The number of hydrogen-bond acceptors (Lipinski definition) is 2. The Morgan fingerprint density at radius 1 is 1.55 bits per heavy atom. The molecule has 66 valence electrons. The zero-order chi connectivity index (χ0) is 9.02. The fourth-order valence-corrected chi connectivity index (χ4v) is 0.685. The molecule has 0 saturated heterocycles. The molecule has 0 aromatic rings. The monoisotopic (exact) mass is 160 g/mol. The van der Waals surface area contributed by atoms with Gasteiger partial charge in [0.15, 0.2) is 0 Å². The number of aliphatic hydroxyl groups is 1. The molecule has 4 nitrogen and oxygen atoms in total. The van der Waals surface area contributed by atoms with Gasteiger partial charge in [0.25, 0.3) is 0 Å². The average Bonchev–Trinajstić information content (AvgIpc) is 2.00. The Bertz CT molecular complexity index is 136. The number of urea groups is 1. The third-order valence-electron chi connectivity index (χ3n) is 1.84. The molecule has 0 rings (SSSR count). The minimum atomic E-state index is -0.503. The molecule has 0 aromatic carbocycles. The van der Waals surface area contributed by atoms with Gasteiger partial charge in [-0.1, -0.05) is 0 Å². The molecule has 2 amide bonds. The molecule has 0 radical (unpaired) electrons. The van der Waals surface area contributed by atoms with Crippen molar-refractivity contribution in [3.05, 3.63) is 0 Å². The lowest BCUT2D eigenvalue weighted by atomic mass is 10.2. The highest BCUT2D eigenvalue weighted by Gasteiger charge is 2.17. The molecule has 4 heteroatoms. The topological polar surface area (TPSA) is 52.6 Å². The van der Waals surface area contributed by atoms with Crippen LogP contribution in [0.15, 0.2) is 0 Å². The molecular weight excluding hydrogens is 144 g/mol. The lowest BCUT2D eigenvalue weighted by Gasteiger charge is -2.26. The maximum Gasteiger partial charge on any atom is 0.317 e. The van der Waals surface area contributed by atoms with Crippen molar-refractivity contribution >= 4 is 6.03 Å². The first-order valence-electron chi connectivity index (χ1n) is 3.63. The first-order chi connectivity index (χ1) is 5.00. The summed E-state index contributed by atoms with van der Waals surface area (Å²) in [7, 11) is 3.21. The number of likely N-dealkylation sites (N-methyl/N-ethyl adjacent to an activating group) is 1. The van der Waals surface area contributed by atoms with Gasteiger partial charge in [-0.05, 0) is 13.8 Å². The van der Waals surface area contributed by atoms with Crippen molar-refractivity contribution in [2.75, 3.05) is 14.1 Å². The van der Waals surface area contributed by atoms with Crippen LogP contribution < -0.4 is 5.32 Å². The lowest BCUT2D eigenvalue weighted by molar-refractivity contribution is 0.0993. The summed E-state index contributed by atoms with van der Waals surface area (Å²) >= 11 is 0. The van der Waals surface area contributed by atoms with E-state index in [0.29, 0.717) is 0 Å². The van der Waals surface area contributed by atoms with Crippen molar-refractivity contribution in [1.29, 1.82) is 0 Å². The first kappa shape index (κ1) is 10.2. The molecule has 0 aliphatic carbocycles. The average molecular weight is 160 g/mol. The van der Waals surface area contributed by atoms with Crippen LogP contribution >= 0.6 is 0 Å². The van der Waals surface area contributed by atoms with Gasteiger partial charge in [-0.15, -0.1) is 0 Å². The molecule has 2 unspecified atom stereocenters. The van der Waals surface area contributed by atoms with E-state index in [1.54, 1.807) is 27.9 Å². The van der Waals surface area contributed by atoms with Gasteiger partial charge >= 0.3 is 6.03 Å². The van der Waals surface area contributed by atoms with E-state index in [1.165, 1.54) is 4.90 Å². The number of amides is 2. The summed E-state index contributed by atoms with van der Waals surface area (Å²) in [6.07, 6.45) is -0.503. The quantitative estimate of drug-likeness (QED) is 0.598. The highest BCUT2D eigenvalue weighted by atomic mass is 16.3. The summed E-state index contributed by atoms with van der Waals surface area (Å²) in [5, 5.41) is 11.6. The first-order valence-corrected chi connectivity index (χ1v) is 3.63. The maximum absolute atomic E-state index is 11.0. The van der Waals surface area contributed by atoms with Crippen LogP contribution in [0.25, 0.3) is 0 Å². The zero-order valence-electron chi connectivity index (χ0n) is 7.46. The van der Waals surface area contributed by atoms with E-state index in [-0.39, 0.29) is 12.1 Å². The third kappa shape index (κ3) is 2.76. The minimum absolute atomic E-state index is 0.157. The van der Waals surface area contributed by atoms with E-state index in [4.69, 9.17) is 5.11 Å². The van der Waals surface area contributed by atoms with Crippen LogP contribution in [0.3, 0.4) is 0 Å². The summed E-state index contributed by atoms with van der Waals surface area (Å²) in [6.45, 7) is 3.45. The lowest BCUT2D eigenvalue weighted by Crippen LogP contribution is -2.45. The maximum atomic E-state index is 11.0. The number of aliphatic hydroxyl groups excluding tert-OH is 1. The number of rotatable bonds is 2. The van der Waals surface area contributed by atoms with Gasteiger partial charge in [0.2, 0.25) is 0 Å². The van der Waals surface area contributed by atoms with E-state index in [0.717, 1.165) is 0 Å². The van der Waals surface area contributed by atoms with Crippen LogP contribution in [0.2, 0.25) is 0 Å². The van der Waals surface area contributed by atoms with Crippen molar-refractivity contribution in [3.8, 4) is 0 Å². The van der Waals surface area contributed by atoms with Crippen LogP contribution in [-0.4, -0.2) is 42.3 Å². The second-order valence-corrected chi connectivity index (χ2v) is 2.65. The molecule has 11 heavy (non-hydrogen) atoms. The van der Waals surface area contributed by atoms with Gasteiger partial charge in [-0.2, -0.15) is 0 Å². The van der Waals surface area contributed by atoms with Gasteiger partial charge in [0.1, 0.15) is 0 Å². The number of carbonyl (C=O) groups is 1. The highest BCUT2D eigenvalue weighted by Crippen LogP contribution is 2.00. The fraction of sp³-hybridized carbons (Fsp3) is 0.857. The fourth-order valence-electron chi connectivity index (χ4n) is 0.685. The SMILES string of the molecule is CNC(=O)N(C)C(C)C(C)O. The highest BCUT2D eigenvalue weighted by molar-refractivity contribution is 5.73. The molecular formula is C7H16N2O2. The van der Waals surface area contributed by atoms with Crippen molar-refractivity contribution in [3.63, 3.8) is 0 Å². The van der Waals surface area contributed by atoms with Gasteiger partial charge in [-0.3, -0.25) is 0 Å². The van der Waals surface area contributed by atoms with E-state index >= 15 is 0 Å². The largest absolute Gasteiger partial charge is 0.391 e. The molecule has 0 bridgehead atoms. The van der Waals surface area contributed by atoms with Crippen LogP contribution in [0.5, 0.6) is 0 Å². The van der Waals surface area contributed by atoms with E-state index in [1.807, 2.05) is 0 Å². The number of carbonyl (C=O) groups excluding carboxylic acids is 1. The predicted molar refractivity (Wildman–Crippen MR) is 43.4 cm³/mol. The van der Waals surface area contributed by atoms with Crippen molar-refractivity contribution < 1.29 is 9.90 Å². The van der Waals surface area contributed by atoms with Crippen molar-refractivity contribution in [2.45, 2.75) is 26.0 Å². The standard InChI is InChI=1S/C7H16N2O2/c1-5(6(2)10)9(4)7(11)8-3/h5-6,10H,1-4H3,(H,8,11).